The van der Waals surface area contributed by atoms with E-state index in [-0.39, 0.29) is 5.91 Å². The van der Waals surface area contributed by atoms with Gasteiger partial charge in [0.2, 0.25) is 0 Å². The highest BCUT2D eigenvalue weighted by Crippen LogP contribution is 2.35. The summed E-state index contributed by atoms with van der Waals surface area (Å²) in [6.07, 6.45) is 3.32. The Hall–Kier alpha value is -2.77. The van der Waals surface area contributed by atoms with Gasteiger partial charge in [0.25, 0.3) is 5.91 Å². The number of nitrogens with zero attached hydrogens (tertiary/aromatic N) is 2. The molecule has 0 saturated carbocycles. The zero-order chi connectivity index (χ0) is 19.4. The molecule has 3 aromatic rings. The molecular weight excluding hydrogens is 378 g/mol. The van der Waals surface area contributed by atoms with E-state index in [1.165, 1.54) is 17.6 Å². The third-order valence-electron chi connectivity index (χ3n) is 3.96. The van der Waals surface area contributed by atoms with E-state index < -0.39 is 0 Å². The standard InChI is InChI=1S/C20H19N3O2S2/c1-5-16(25-6-2)14-8-7-12(3)15(11-14)17-9-10-18(26-17)21-20(24)19-13(4)22-23-27-19/h5-11H,2H2,1,3-4H3,(H,21,24)/b16-5-. The number of hydrogen-bond donors (Lipinski definition) is 1. The molecule has 0 unspecified atom stereocenters. The van der Waals surface area contributed by atoms with Crippen molar-refractivity contribution in [2.75, 3.05) is 5.32 Å². The van der Waals surface area contributed by atoms with E-state index in [4.69, 9.17) is 4.74 Å². The van der Waals surface area contributed by atoms with Gasteiger partial charge in [0.15, 0.2) is 0 Å². The molecule has 3 rings (SSSR count). The summed E-state index contributed by atoms with van der Waals surface area (Å²) in [5.74, 6) is 0.571. The van der Waals surface area contributed by atoms with Crippen LogP contribution < -0.4 is 5.32 Å². The number of carbonyl (C=O) groups is 1. The van der Waals surface area contributed by atoms with Gasteiger partial charge in [-0.2, -0.15) is 0 Å². The fourth-order valence-corrected chi connectivity index (χ4v) is 4.13. The maximum atomic E-state index is 12.4. The van der Waals surface area contributed by atoms with Gasteiger partial charge in [-0.1, -0.05) is 23.2 Å². The first kappa shape index (κ1) is 19.0. The lowest BCUT2D eigenvalue weighted by Gasteiger charge is -2.10. The number of allylic oxidation sites excluding steroid dienone is 1. The first-order chi connectivity index (χ1) is 13.0. The second kappa shape index (κ2) is 8.28. The van der Waals surface area contributed by atoms with Crippen molar-refractivity contribution in [1.82, 2.24) is 9.59 Å². The maximum absolute atomic E-state index is 12.4. The molecule has 0 aliphatic heterocycles. The SMILES string of the molecule is C=CO/C(=C\C)c1ccc(C)c(-c2ccc(NC(=O)c3snnc3C)s2)c1. The second-order valence-electron chi connectivity index (χ2n) is 5.77. The summed E-state index contributed by atoms with van der Waals surface area (Å²) in [6.45, 7) is 9.38. The molecular formula is C20H19N3O2S2. The summed E-state index contributed by atoms with van der Waals surface area (Å²) in [7, 11) is 0. The smallest absolute Gasteiger partial charge is 0.269 e. The summed E-state index contributed by atoms with van der Waals surface area (Å²) in [5.41, 5.74) is 3.86. The highest BCUT2D eigenvalue weighted by Gasteiger charge is 2.15. The van der Waals surface area contributed by atoms with Crippen LogP contribution in [0.5, 0.6) is 0 Å². The normalized spacial score (nSPS) is 11.3. The summed E-state index contributed by atoms with van der Waals surface area (Å²) in [4.78, 5) is 14.0. The van der Waals surface area contributed by atoms with Gasteiger partial charge < -0.3 is 10.1 Å². The Morgan fingerprint density at radius 3 is 2.74 bits per heavy atom. The van der Waals surface area contributed by atoms with Gasteiger partial charge in [-0.05, 0) is 67.7 Å². The first-order valence-corrected chi connectivity index (χ1v) is 9.88. The lowest BCUT2D eigenvalue weighted by molar-refractivity contribution is 0.103. The Morgan fingerprint density at radius 1 is 1.26 bits per heavy atom. The molecule has 2 heterocycles. The van der Waals surface area contributed by atoms with Crippen molar-refractivity contribution in [3.63, 3.8) is 0 Å². The molecule has 0 fully saturated rings. The summed E-state index contributed by atoms with van der Waals surface area (Å²) in [6, 6.07) is 10.1. The van der Waals surface area contributed by atoms with Crippen molar-refractivity contribution in [2.45, 2.75) is 20.8 Å². The molecule has 0 bridgehead atoms. The fourth-order valence-electron chi connectivity index (χ4n) is 2.59. The van der Waals surface area contributed by atoms with Gasteiger partial charge in [0.05, 0.1) is 17.0 Å². The zero-order valence-corrected chi connectivity index (χ0v) is 16.9. The van der Waals surface area contributed by atoms with Crippen LogP contribution in [0.15, 0.2) is 49.2 Å². The minimum Gasteiger partial charge on any atom is -0.465 e. The molecule has 0 aliphatic carbocycles. The van der Waals surface area contributed by atoms with E-state index in [2.05, 4.69) is 40.5 Å². The van der Waals surface area contributed by atoms with Crippen molar-refractivity contribution in [1.29, 1.82) is 0 Å². The van der Waals surface area contributed by atoms with E-state index >= 15 is 0 Å². The lowest BCUT2D eigenvalue weighted by Crippen LogP contribution is -2.10. The molecule has 7 heteroatoms. The lowest BCUT2D eigenvalue weighted by atomic mass is 10.0. The minimum atomic E-state index is -0.183. The quantitative estimate of drug-likeness (QED) is 0.545. The van der Waals surface area contributed by atoms with Gasteiger partial charge in [-0.25, -0.2) is 0 Å². The summed E-state index contributed by atoms with van der Waals surface area (Å²) >= 11 is 2.62. The average molecular weight is 398 g/mol. The van der Waals surface area contributed by atoms with Crippen molar-refractivity contribution in [3.05, 3.63) is 70.9 Å². The van der Waals surface area contributed by atoms with Crippen LogP contribution in [0.1, 0.15) is 33.4 Å². The first-order valence-electron chi connectivity index (χ1n) is 8.29. The molecule has 1 N–H and O–H groups in total. The van der Waals surface area contributed by atoms with Crippen molar-refractivity contribution in [3.8, 4) is 10.4 Å². The van der Waals surface area contributed by atoms with Crippen LogP contribution in [0.4, 0.5) is 5.00 Å². The number of ether oxygens (including phenoxy) is 1. The molecule has 0 atom stereocenters. The highest BCUT2D eigenvalue weighted by molar-refractivity contribution is 7.19. The molecule has 138 valence electrons. The van der Waals surface area contributed by atoms with Crippen LogP contribution in [0.2, 0.25) is 0 Å². The Morgan fingerprint density at radius 2 is 2.07 bits per heavy atom. The van der Waals surface area contributed by atoms with Crippen molar-refractivity contribution < 1.29 is 9.53 Å². The Labute approximate surface area is 166 Å². The Kier molecular flexibility index (Phi) is 5.83. The molecule has 1 amide bonds. The van der Waals surface area contributed by atoms with Crippen molar-refractivity contribution in [2.24, 2.45) is 0 Å². The monoisotopic (exact) mass is 397 g/mol. The number of nitrogens with one attached hydrogen (secondary N) is 1. The molecule has 2 aromatic heterocycles. The molecule has 0 spiro atoms. The van der Waals surface area contributed by atoms with E-state index in [9.17, 15) is 4.79 Å². The van der Waals surface area contributed by atoms with Crippen LogP contribution in [0.3, 0.4) is 0 Å². The number of aryl methyl sites for hydroxylation is 2. The van der Waals surface area contributed by atoms with E-state index in [0.717, 1.165) is 43.9 Å². The van der Waals surface area contributed by atoms with Crippen LogP contribution in [-0.2, 0) is 4.74 Å². The third-order valence-corrected chi connectivity index (χ3v) is 5.82. The third kappa shape index (κ3) is 4.15. The van der Waals surface area contributed by atoms with Crippen molar-refractivity contribution >= 4 is 39.5 Å². The molecule has 0 aliphatic rings. The number of thiophene rings is 1. The molecule has 0 saturated heterocycles. The van der Waals surface area contributed by atoms with E-state index in [1.807, 2.05) is 31.2 Å². The van der Waals surface area contributed by atoms with E-state index in [1.54, 1.807) is 6.92 Å². The van der Waals surface area contributed by atoms with Gasteiger partial charge in [-0.15, -0.1) is 16.4 Å². The van der Waals surface area contributed by atoms with Gasteiger partial charge >= 0.3 is 0 Å². The van der Waals surface area contributed by atoms with Crippen LogP contribution >= 0.6 is 22.9 Å². The van der Waals surface area contributed by atoms with Gasteiger partial charge in [-0.3, -0.25) is 4.79 Å². The van der Waals surface area contributed by atoms with Gasteiger partial charge in [0.1, 0.15) is 10.6 Å². The van der Waals surface area contributed by atoms with Gasteiger partial charge in [0, 0.05) is 10.4 Å². The predicted octanol–water partition coefficient (Wildman–Crippen LogP) is 5.66. The number of benzene rings is 1. The number of amides is 1. The van der Waals surface area contributed by atoms with Crippen LogP contribution in [0.25, 0.3) is 16.2 Å². The number of aromatic nitrogens is 2. The predicted molar refractivity (Wildman–Crippen MR) is 112 cm³/mol. The highest BCUT2D eigenvalue weighted by atomic mass is 32.1. The molecule has 1 aromatic carbocycles. The molecule has 0 radical (unpaired) electrons. The average Bonchev–Trinajstić information content (AvgIpc) is 3.29. The summed E-state index contributed by atoms with van der Waals surface area (Å²) < 4.78 is 9.29. The number of anilines is 1. The van der Waals surface area contributed by atoms with Crippen LogP contribution in [-0.4, -0.2) is 15.5 Å². The second-order valence-corrected chi connectivity index (χ2v) is 7.61. The summed E-state index contributed by atoms with van der Waals surface area (Å²) in [5, 5.41) is 7.58. The number of hydrogen-bond acceptors (Lipinski definition) is 6. The largest absolute Gasteiger partial charge is 0.465 e. The fraction of sp³-hybridized carbons (Fsp3) is 0.150. The minimum absolute atomic E-state index is 0.183. The molecule has 27 heavy (non-hydrogen) atoms. The maximum Gasteiger partial charge on any atom is 0.269 e. The van der Waals surface area contributed by atoms with Crippen LogP contribution in [0, 0.1) is 13.8 Å². The Bertz CT molecular complexity index is 1020. The number of rotatable bonds is 6. The Balaban J connectivity index is 1.87. The topological polar surface area (TPSA) is 64.1 Å². The van der Waals surface area contributed by atoms with E-state index in [0.29, 0.717) is 10.6 Å². The zero-order valence-electron chi connectivity index (χ0n) is 15.3. The molecule has 5 nitrogen and oxygen atoms in total. The number of carbonyl (C=O) groups excluding carboxylic acids is 1.